The summed E-state index contributed by atoms with van der Waals surface area (Å²) in [6, 6.07) is 11.9. The van der Waals surface area contributed by atoms with E-state index < -0.39 is 0 Å². The summed E-state index contributed by atoms with van der Waals surface area (Å²) in [5.41, 5.74) is 1.82. The third-order valence-corrected chi connectivity index (χ3v) is 8.18. The minimum absolute atomic E-state index is 0.268. The van der Waals surface area contributed by atoms with Gasteiger partial charge in [-0.2, -0.15) is 5.06 Å². The highest BCUT2D eigenvalue weighted by Gasteiger charge is 2.55. The van der Waals surface area contributed by atoms with Gasteiger partial charge in [0.25, 0.3) is 0 Å². The van der Waals surface area contributed by atoms with Crippen molar-refractivity contribution in [1.82, 2.24) is 5.06 Å². The van der Waals surface area contributed by atoms with Crippen LogP contribution in [-0.4, -0.2) is 17.6 Å². The zero-order valence-electron chi connectivity index (χ0n) is 17.1. The van der Waals surface area contributed by atoms with E-state index in [-0.39, 0.29) is 6.10 Å². The number of hydrogen-bond donors (Lipinski definition) is 0. The third kappa shape index (κ3) is 3.49. The molecule has 1 heterocycles. The molecule has 5 aliphatic rings. The Morgan fingerprint density at radius 1 is 1.00 bits per heavy atom. The van der Waals surface area contributed by atoms with E-state index in [4.69, 9.17) is 4.84 Å². The van der Waals surface area contributed by atoms with Crippen LogP contribution in [-0.2, 0) is 4.84 Å². The second-order valence-corrected chi connectivity index (χ2v) is 10.3. The first-order valence-electron chi connectivity index (χ1n) is 11.7. The van der Waals surface area contributed by atoms with Crippen LogP contribution in [0.25, 0.3) is 0 Å². The molecule has 2 unspecified atom stereocenters. The van der Waals surface area contributed by atoms with E-state index in [9.17, 15) is 0 Å². The van der Waals surface area contributed by atoms with Gasteiger partial charge in [0.2, 0.25) is 0 Å². The van der Waals surface area contributed by atoms with Gasteiger partial charge in [-0.3, -0.25) is 4.84 Å². The fraction of sp³-hybridized carbons (Fsp3) is 0.760. The van der Waals surface area contributed by atoms with Crippen LogP contribution >= 0.6 is 0 Å². The molecular weight excluding hydrogens is 330 g/mol. The molecule has 2 heteroatoms. The van der Waals surface area contributed by atoms with Crippen molar-refractivity contribution in [3.63, 3.8) is 0 Å². The fourth-order valence-electron chi connectivity index (χ4n) is 7.52. The van der Waals surface area contributed by atoms with Gasteiger partial charge in [0.1, 0.15) is 6.10 Å². The minimum Gasteiger partial charge on any atom is -0.290 e. The molecule has 0 radical (unpaired) electrons. The van der Waals surface area contributed by atoms with Gasteiger partial charge in [0.15, 0.2) is 0 Å². The van der Waals surface area contributed by atoms with Crippen LogP contribution in [0.2, 0.25) is 0 Å². The van der Waals surface area contributed by atoms with E-state index in [2.05, 4.69) is 42.3 Å². The Balaban J connectivity index is 1.45. The minimum atomic E-state index is 0.268. The summed E-state index contributed by atoms with van der Waals surface area (Å²) in [4.78, 5) is 7.06. The highest BCUT2D eigenvalue weighted by Crippen LogP contribution is 2.65. The second kappa shape index (κ2) is 7.52. The van der Waals surface area contributed by atoms with Crippen molar-refractivity contribution in [3.8, 4) is 0 Å². The molecule has 1 aromatic rings. The maximum absolute atomic E-state index is 7.06. The monoisotopic (exact) mass is 367 g/mol. The first-order valence-corrected chi connectivity index (χ1v) is 11.7. The Hall–Kier alpha value is -0.860. The average molecular weight is 368 g/mol. The van der Waals surface area contributed by atoms with Crippen molar-refractivity contribution < 1.29 is 4.84 Å². The lowest BCUT2D eigenvalue weighted by atomic mass is 9.47. The van der Waals surface area contributed by atoms with Crippen LogP contribution in [0, 0.1) is 23.2 Å². The second-order valence-electron chi connectivity index (χ2n) is 10.3. The molecule has 0 aromatic heterocycles. The summed E-state index contributed by atoms with van der Waals surface area (Å²) < 4.78 is 0. The van der Waals surface area contributed by atoms with Gasteiger partial charge in [-0.1, -0.05) is 50.1 Å². The molecule has 2 nitrogen and oxygen atoms in total. The maximum atomic E-state index is 7.06. The van der Waals surface area contributed by atoms with Crippen molar-refractivity contribution in [2.75, 3.05) is 6.54 Å². The summed E-state index contributed by atoms with van der Waals surface area (Å²) in [7, 11) is 0. The van der Waals surface area contributed by atoms with Gasteiger partial charge >= 0.3 is 0 Å². The van der Waals surface area contributed by atoms with Gasteiger partial charge in [-0.25, -0.2) is 0 Å². The number of rotatable bonds is 6. The lowest BCUT2D eigenvalue weighted by molar-refractivity contribution is -0.281. The van der Waals surface area contributed by atoms with Crippen LogP contribution < -0.4 is 0 Å². The molecule has 1 aliphatic heterocycles. The Labute approximate surface area is 165 Å². The van der Waals surface area contributed by atoms with Crippen molar-refractivity contribution in [2.45, 2.75) is 89.7 Å². The Morgan fingerprint density at radius 3 is 2.30 bits per heavy atom. The summed E-state index contributed by atoms with van der Waals surface area (Å²) in [6.45, 7) is 3.45. The van der Waals surface area contributed by atoms with Crippen molar-refractivity contribution in [3.05, 3.63) is 35.9 Å². The molecule has 0 spiro atoms. The summed E-state index contributed by atoms with van der Waals surface area (Å²) in [5.74, 6) is 2.91. The molecule has 0 amide bonds. The van der Waals surface area contributed by atoms with Gasteiger partial charge in [-0.15, -0.1) is 0 Å². The van der Waals surface area contributed by atoms with Gasteiger partial charge < -0.3 is 0 Å². The predicted octanol–water partition coefficient (Wildman–Crippen LogP) is 6.53. The quantitative estimate of drug-likeness (QED) is 0.567. The normalized spacial score (nSPS) is 39.6. The van der Waals surface area contributed by atoms with Crippen molar-refractivity contribution >= 4 is 0 Å². The van der Waals surface area contributed by atoms with Crippen molar-refractivity contribution in [2.24, 2.45) is 23.2 Å². The molecule has 2 atom stereocenters. The van der Waals surface area contributed by atoms with Crippen LogP contribution in [0.5, 0.6) is 0 Å². The molecule has 0 N–H and O–H groups in total. The zero-order valence-corrected chi connectivity index (χ0v) is 17.1. The lowest BCUT2D eigenvalue weighted by Crippen LogP contribution is -2.51. The number of nitrogens with zero attached hydrogens (tertiary/aromatic N) is 1. The van der Waals surface area contributed by atoms with Gasteiger partial charge in [0, 0.05) is 18.0 Å². The van der Waals surface area contributed by atoms with Crippen LogP contribution in [0.1, 0.15) is 89.2 Å². The lowest BCUT2D eigenvalue weighted by Gasteiger charge is -2.59. The average Bonchev–Trinajstić information content (AvgIpc) is 2.67. The molecular formula is C25H37NO. The number of hydroxylamine groups is 2. The Kier molecular flexibility index (Phi) is 5.06. The molecule has 4 aliphatic carbocycles. The molecule has 148 valence electrons. The van der Waals surface area contributed by atoms with E-state index in [1.165, 1.54) is 76.2 Å². The van der Waals surface area contributed by atoms with Gasteiger partial charge in [0.05, 0.1) is 0 Å². The Morgan fingerprint density at radius 2 is 1.67 bits per heavy atom. The maximum Gasteiger partial charge on any atom is 0.110 e. The number of hydrogen-bond acceptors (Lipinski definition) is 2. The molecule has 1 aromatic carbocycles. The molecule has 6 rings (SSSR count). The predicted molar refractivity (Wildman–Crippen MR) is 110 cm³/mol. The molecule has 27 heavy (non-hydrogen) atoms. The van der Waals surface area contributed by atoms with E-state index >= 15 is 0 Å². The van der Waals surface area contributed by atoms with Crippen molar-refractivity contribution in [1.29, 1.82) is 0 Å². The smallest absolute Gasteiger partial charge is 0.110 e. The SMILES string of the molecule is CCCC1CCCCN1OC(c1ccccc1)C12CC3CC(CC(C3)C1)C2. The van der Waals surface area contributed by atoms with Crippen LogP contribution in [0.15, 0.2) is 30.3 Å². The standard InChI is InChI=1S/C25H37NO/c1-2-8-23-11-6-7-12-26(23)27-24(22-9-4-3-5-10-22)25-16-19-13-20(17-25)15-21(14-19)18-25/h3-5,9-10,19-21,23-24H,2,6-8,11-18H2,1H3. The third-order valence-electron chi connectivity index (χ3n) is 8.18. The first-order chi connectivity index (χ1) is 13.3. The zero-order chi connectivity index (χ0) is 18.3. The molecule has 4 saturated carbocycles. The highest BCUT2D eigenvalue weighted by atomic mass is 16.7. The van der Waals surface area contributed by atoms with E-state index in [0.717, 1.165) is 24.3 Å². The summed E-state index contributed by atoms with van der Waals surface area (Å²) in [5, 5.41) is 2.43. The topological polar surface area (TPSA) is 12.5 Å². The molecule has 5 fully saturated rings. The molecule has 1 saturated heterocycles. The molecule has 4 bridgehead atoms. The fourth-order valence-corrected chi connectivity index (χ4v) is 7.52. The number of piperidine rings is 1. The summed E-state index contributed by atoms with van der Waals surface area (Å²) >= 11 is 0. The van der Waals surface area contributed by atoms with E-state index in [1.807, 2.05) is 0 Å². The van der Waals surface area contributed by atoms with Crippen LogP contribution in [0.3, 0.4) is 0 Å². The van der Waals surface area contributed by atoms with Crippen LogP contribution in [0.4, 0.5) is 0 Å². The van der Waals surface area contributed by atoms with E-state index in [0.29, 0.717) is 11.5 Å². The first kappa shape index (κ1) is 18.2. The summed E-state index contributed by atoms with van der Waals surface area (Å²) in [6.07, 6.45) is 15.5. The number of benzene rings is 1. The largest absolute Gasteiger partial charge is 0.290 e. The van der Waals surface area contributed by atoms with E-state index in [1.54, 1.807) is 0 Å². The highest BCUT2D eigenvalue weighted by molar-refractivity contribution is 5.22. The Bertz CT molecular complexity index is 589. The van der Waals surface area contributed by atoms with Gasteiger partial charge in [-0.05, 0) is 81.1 Å².